The van der Waals surface area contributed by atoms with Crippen LogP contribution in [0, 0.1) is 5.82 Å². The summed E-state index contributed by atoms with van der Waals surface area (Å²) in [5.41, 5.74) is 2.71. The maximum absolute atomic E-state index is 15.0. The second-order valence-corrected chi connectivity index (χ2v) is 11.4. The van der Waals surface area contributed by atoms with Crippen LogP contribution in [0.1, 0.15) is 36.0 Å². The molecule has 0 saturated heterocycles. The molecule has 15 heteroatoms. The van der Waals surface area contributed by atoms with E-state index in [-0.39, 0.29) is 47.6 Å². The Hall–Kier alpha value is -4.11. The van der Waals surface area contributed by atoms with Crippen LogP contribution in [0.25, 0.3) is 11.1 Å². The number of benzene rings is 2. The van der Waals surface area contributed by atoms with E-state index in [1.807, 2.05) is 18.2 Å². The predicted molar refractivity (Wildman–Crippen MR) is 138 cm³/mol. The molecule has 0 fully saturated rings. The molecule has 3 N–H and O–H groups in total. The van der Waals surface area contributed by atoms with E-state index >= 15 is 4.39 Å². The minimum absolute atomic E-state index is 0.0310. The summed E-state index contributed by atoms with van der Waals surface area (Å²) in [6, 6.07) is 7.31. The Labute approximate surface area is 224 Å². The maximum atomic E-state index is 15.0. The molecule has 4 aromatic rings. The van der Waals surface area contributed by atoms with Gasteiger partial charge in [0, 0.05) is 36.1 Å². The number of rotatable bonds is 9. The third-order valence-corrected chi connectivity index (χ3v) is 8.50. The predicted octanol–water partition coefficient (Wildman–Crippen LogP) is 2.27. The fourth-order valence-electron chi connectivity index (χ4n) is 4.63. The second kappa shape index (κ2) is 10.6. The van der Waals surface area contributed by atoms with Gasteiger partial charge in [0.1, 0.15) is 17.0 Å². The lowest BCUT2D eigenvalue weighted by molar-refractivity contribution is -0.138. The summed E-state index contributed by atoms with van der Waals surface area (Å²) in [5, 5.41) is 11.6. The fraction of sp³-hybridized carbons (Fsp3) is 0.292. The van der Waals surface area contributed by atoms with Crippen LogP contribution in [-0.2, 0) is 39.0 Å². The van der Waals surface area contributed by atoms with E-state index in [9.17, 15) is 22.8 Å². The van der Waals surface area contributed by atoms with Crippen LogP contribution >= 0.6 is 11.5 Å². The van der Waals surface area contributed by atoms with Crippen molar-refractivity contribution in [3.63, 3.8) is 0 Å². The number of halogens is 1. The van der Waals surface area contributed by atoms with Crippen LogP contribution in [-0.4, -0.2) is 45.4 Å². The first kappa shape index (κ1) is 26.5. The Kier molecular flexibility index (Phi) is 7.18. The van der Waals surface area contributed by atoms with Crippen molar-refractivity contribution < 1.29 is 31.9 Å². The highest BCUT2D eigenvalue weighted by atomic mass is 32.2. The number of amides is 1. The number of carbonyl (C=O) groups is 2. The first-order chi connectivity index (χ1) is 18.6. The van der Waals surface area contributed by atoms with Crippen molar-refractivity contribution in [2.75, 3.05) is 4.72 Å². The van der Waals surface area contributed by atoms with Crippen molar-refractivity contribution in [3.8, 4) is 0 Å². The molecule has 0 spiro atoms. The Bertz CT molecular complexity index is 1730. The first-order valence-electron chi connectivity index (χ1n) is 11.8. The number of carboxylic acids is 1. The number of hydrogen-bond acceptors (Lipinski definition) is 9. The molecule has 2 aromatic carbocycles. The minimum atomic E-state index is -4.36. The summed E-state index contributed by atoms with van der Waals surface area (Å²) in [6.07, 6.45) is 2.61. The SMILES string of the molecule is O=C(O)CCC(=O)N[C@H]1CCc2cccc(Cn3c(=O)oc4cc(S(=O)(=O)Nc5ncns5)c(F)cc43)c2C1. The zero-order valence-electron chi connectivity index (χ0n) is 20.2. The molecule has 1 aliphatic rings. The number of hydrogen-bond donors (Lipinski definition) is 3. The second-order valence-electron chi connectivity index (χ2n) is 9.01. The Morgan fingerprint density at radius 2 is 2.08 bits per heavy atom. The van der Waals surface area contributed by atoms with Crippen molar-refractivity contribution in [1.29, 1.82) is 0 Å². The van der Waals surface area contributed by atoms with Gasteiger partial charge >= 0.3 is 11.7 Å². The topological polar surface area (TPSA) is 173 Å². The molecular formula is C24H22FN5O7S2. The molecule has 0 unspecified atom stereocenters. The molecule has 0 bridgehead atoms. The van der Waals surface area contributed by atoms with Gasteiger partial charge in [-0.2, -0.15) is 4.37 Å². The van der Waals surface area contributed by atoms with Crippen molar-refractivity contribution in [2.24, 2.45) is 0 Å². The van der Waals surface area contributed by atoms with E-state index in [1.165, 1.54) is 4.57 Å². The highest BCUT2D eigenvalue weighted by molar-refractivity contribution is 7.93. The molecule has 5 rings (SSSR count). The number of anilines is 1. The quantitative estimate of drug-likeness (QED) is 0.270. The molecule has 12 nitrogen and oxygen atoms in total. The van der Waals surface area contributed by atoms with Gasteiger partial charge in [0.15, 0.2) is 5.58 Å². The van der Waals surface area contributed by atoms with Gasteiger partial charge in [-0.1, -0.05) is 18.2 Å². The van der Waals surface area contributed by atoms with Crippen LogP contribution in [0.4, 0.5) is 9.52 Å². The Morgan fingerprint density at radius 1 is 1.26 bits per heavy atom. The van der Waals surface area contributed by atoms with E-state index in [0.717, 1.165) is 46.7 Å². The monoisotopic (exact) mass is 575 g/mol. The molecule has 1 amide bonds. The molecule has 2 heterocycles. The van der Waals surface area contributed by atoms with Crippen LogP contribution in [0.15, 0.2) is 50.8 Å². The number of aromatic nitrogens is 3. The third-order valence-electron chi connectivity index (χ3n) is 6.44. The van der Waals surface area contributed by atoms with Crippen LogP contribution in [0.3, 0.4) is 0 Å². The molecule has 39 heavy (non-hydrogen) atoms. The molecule has 0 radical (unpaired) electrons. The highest BCUT2D eigenvalue weighted by Crippen LogP contribution is 2.28. The number of nitrogens with one attached hydrogen (secondary N) is 2. The number of nitrogens with zero attached hydrogens (tertiary/aromatic N) is 3. The molecular weight excluding hydrogens is 553 g/mol. The third kappa shape index (κ3) is 5.68. The molecule has 2 aromatic heterocycles. The van der Waals surface area contributed by atoms with E-state index in [4.69, 9.17) is 9.52 Å². The average molecular weight is 576 g/mol. The zero-order valence-corrected chi connectivity index (χ0v) is 21.8. The lowest BCUT2D eigenvalue weighted by Gasteiger charge is -2.27. The smallest absolute Gasteiger partial charge is 0.420 e. The number of fused-ring (bicyclic) bond motifs is 2. The van der Waals surface area contributed by atoms with Gasteiger partial charge in [0.2, 0.25) is 11.0 Å². The summed E-state index contributed by atoms with van der Waals surface area (Å²) in [5.74, 6) is -3.26. The fourth-order valence-corrected chi connectivity index (χ4v) is 6.37. The van der Waals surface area contributed by atoms with Crippen molar-refractivity contribution in [2.45, 2.75) is 49.6 Å². The van der Waals surface area contributed by atoms with E-state index in [0.29, 0.717) is 19.3 Å². The lowest BCUT2D eigenvalue weighted by Crippen LogP contribution is -2.39. The van der Waals surface area contributed by atoms with Gasteiger partial charge in [0.05, 0.1) is 18.5 Å². The number of carbonyl (C=O) groups excluding carboxylic acids is 1. The van der Waals surface area contributed by atoms with Crippen molar-refractivity contribution in [1.82, 2.24) is 19.2 Å². The molecule has 1 atom stereocenters. The summed E-state index contributed by atoms with van der Waals surface area (Å²) in [4.78, 5) is 38.7. The first-order valence-corrected chi connectivity index (χ1v) is 14.1. The van der Waals surface area contributed by atoms with Gasteiger partial charge in [0.25, 0.3) is 10.0 Å². The summed E-state index contributed by atoms with van der Waals surface area (Å²) in [7, 11) is -4.36. The van der Waals surface area contributed by atoms with E-state index in [1.54, 1.807) is 0 Å². The Balaban J connectivity index is 1.41. The van der Waals surface area contributed by atoms with Crippen LogP contribution in [0.5, 0.6) is 0 Å². The number of carboxylic acid groups (broad SMARTS) is 1. The Morgan fingerprint density at radius 3 is 2.82 bits per heavy atom. The van der Waals surface area contributed by atoms with Gasteiger partial charge in [-0.3, -0.25) is 18.9 Å². The van der Waals surface area contributed by atoms with Crippen LogP contribution in [0.2, 0.25) is 0 Å². The molecule has 1 aliphatic carbocycles. The number of oxazole rings is 1. The minimum Gasteiger partial charge on any atom is -0.481 e. The normalized spacial score (nSPS) is 15.2. The lowest BCUT2D eigenvalue weighted by atomic mass is 9.85. The van der Waals surface area contributed by atoms with Crippen molar-refractivity contribution in [3.05, 3.63) is 69.7 Å². The summed E-state index contributed by atoms with van der Waals surface area (Å²) >= 11 is 0.781. The van der Waals surface area contributed by atoms with E-state index < -0.39 is 32.5 Å². The van der Waals surface area contributed by atoms with Gasteiger partial charge < -0.3 is 14.8 Å². The molecule has 204 valence electrons. The molecule has 0 saturated carbocycles. The van der Waals surface area contributed by atoms with Crippen molar-refractivity contribution >= 4 is 49.7 Å². The summed E-state index contributed by atoms with van der Waals surface area (Å²) in [6.45, 7) is 0.0310. The highest BCUT2D eigenvalue weighted by Gasteiger charge is 2.26. The summed E-state index contributed by atoms with van der Waals surface area (Å²) < 4.78 is 52.8. The van der Waals surface area contributed by atoms with Gasteiger partial charge in [-0.05, 0) is 36.0 Å². The number of sulfonamides is 1. The maximum Gasteiger partial charge on any atom is 0.420 e. The van der Waals surface area contributed by atoms with Gasteiger partial charge in [-0.15, -0.1) is 0 Å². The zero-order chi connectivity index (χ0) is 27.7. The van der Waals surface area contributed by atoms with Gasteiger partial charge in [-0.25, -0.2) is 22.6 Å². The van der Waals surface area contributed by atoms with Crippen LogP contribution < -0.4 is 15.8 Å². The van der Waals surface area contributed by atoms with E-state index in [2.05, 4.69) is 19.4 Å². The average Bonchev–Trinajstić information content (AvgIpc) is 3.49. The number of aliphatic carboxylic acids is 1. The standard InChI is InChI=1S/C24H22FN5O7S2/c25-17-9-18-19(10-20(17)39(35,36)29-23-26-12-27-38-23)37-24(34)30(18)11-14-3-1-2-13-4-5-15(8-16(13)14)28-21(31)6-7-22(32)33/h1-3,9-10,12,15H,4-8,11H2,(H,28,31)(H,32,33)(H,26,27,29)/t15-/m0/s1. The molecule has 0 aliphatic heterocycles. The largest absolute Gasteiger partial charge is 0.481 e. The number of aryl methyl sites for hydroxylation is 1.